The average molecular weight is 453 g/mol. The molecule has 4 rings (SSSR count). The Balaban J connectivity index is 1.55. The molecule has 0 aliphatic carbocycles. The lowest BCUT2D eigenvalue weighted by molar-refractivity contribution is 0.0951. The quantitative estimate of drug-likeness (QED) is 0.337. The molecule has 0 unspecified atom stereocenters. The number of pyridine rings is 1. The second-order valence-electron chi connectivity index (χ2n) is 6.83. The summed E-state index contributed by atoms with van der Waals surface area (Å²) in [5.74, 6) is -0.0323. The largest absolute Gasteiger partial charge is 0.481 e. The normalized spacial score (nSPS) is 11.3. The van der Waals surface area contributed by atoms with Crippen LogP contribution in [0, 0.1) is 0 Å². The van der Waals surface area contributed by atoms with Gasteiger partial charge in [-0.05, 0) is 42.0 Å². The van der Waals surface area contributed by atoms with Crippen LogP contribution in [0.3, 0.4) is 0 Å². The average Bonchev–Trinajstić information content (AvgIpc) is 3.17. The number of benzene rings is 2. The van der Waals surface area contributed by atoms with Crippen molar-refractivity contribution in [3.63, 3.8) is 0 Å². The molecule has 2 aromatic heterocycles. The first-order valence-electron chi connectivity index (χ1n) is 9.47. The van der Waals surface area contributed by atoms with E-state index in [-0.39, 0.29) is 22.7 Å². The molecule has 4 aromatic rings. The molecule has 0 atom stereocenters. The van der Waals surface area contributed by atoms with Crippen LogP contribution in [-0.4, -0.2) is 36.4 Å². The van der Waals surface area contributed by atoms with Crippen molar-refractivity contribution in [1.29, 1.82) is 0 Å². The van der Waals surface area contributed by atoms with Crippen molar-refractivity contribution in [2.45, 2.75) is 11.4 Å². The summed E-state index contributed by atoms with van der Waals surface area (Å²) in [6.45, 7) is 0.205. The fraction of sp³-hybridized carbons (Fsp3) is 0.0952. The zero-order chi connectivity index (χ0) is 22.7. The Hall–Kier alpha value is -4.12. The molecule has 10 nitrogen and oxygen atoms in total. The summed E-state index contributed by atoms with van der Waals surface area (Å²) in [4.78, 5) is 33.2. The van der Waals surface area contributed by atoms with Crippen LogP contribution in [0.1, 0.15) is 15.9 Å². The Bertz CT molecular complexity index is 1460. The first kappa shape index (κ1) is 21.1. The Morgan fingerprint density at radius 3 is 2.66 bits per heavy atom. The molecule has 2 heterocycles. The van der Waals surface area contributed by atoms with E-state index in [0.717, 1.165) is 5.56 Å². The highest BCUT2D eigenvalue weighted by Gasteiger charge is 2.19. The minimum absolute atomic E-state index is 0.0562. The lowest BCUT2D eigenvalue weighted by Gasteiger charge is -2.13. The van der Waals surface area contributed by atoms with Crippen LogP contribution >= 0.6 is 0 Å². The molecular formula is C21H19N5O5S. The maximum absolute atomic E-state index is 12.9. The third-order valence-electron chi connectivity index (χ3n) is 4.68. The standard InChI is InChI=1S/C21H19N5O5S/c1-31-19-10-13(8-9-22-19)12-23-20(27)15-4-2-3-5-16(15)26-32(29,30)14-6-7-17-18(11-14)25-21(28)24-17/h2-11,26H,12H2,1H3,(H,23,27)(H2,24,25,28). The lowest BCUT2D eigenvalue weighted by Crippen LogP contribution is -2.25. The van der Waals surface area contributed by atoms with Gasteiger partial charge in [0.15, 0.2) is 0 Å². The van der Waals surface area contributed by atoms with Crippen molar-refractivity contribution in [2.24, 2.45) is 0 Å². The molecule has 11 heteroatoms. The van der Waals surface area contributed by atoms with Gasteiger partial charge in [0.25, 0.3) is 15.9 Å². The molecule has 0 aliphatic rings. The van der Waals surface area contributed by atoms with E-state index in [1.807, 2.05) is 0 Å². The van der Waals surface area contributed by atoms with Crippen molar-refractivity contribution >= 4 is 32.7 Å². The molecule has 0 saturated heterocycles. The van der Waals surface area contributed by atoms with Crippen LogP contribution in [-0.2, 0) is 16.6 Å². The zero-order valence-corrected chi connectivity index (χ0v) is 17.7. The number of hydrogen-bond donors (Lipinski definition) is 4. The number of hydrogen-bond acceptors (Lipinski definition) is 6. The molecule has 0 fully saturated rings. The SMILES string of the molecule is COc1cc(CNC(=O)c2ccccc2NS(=O)(=O)c2ccc3[nH]c(=O)[nH]c3c2)ccn1. The Morgan fingerprint density at radius 1 is 1.06 bits per heavy atom. The van der Waals surface area contributed by atoms with E-state index in [0.29, 0.717) is 16.9 Å². The van der Waals surface area contributed by atoms with Crippen molar-refractivity contribution in [2.75, 3.05) is 11.8 Å². The molecule has 0 aliphatic heterocycles. The second kappa shape index (κ2) is 8.55. The van der Waals surface area contributed by atoms with Gasteiger partial charge in [-0.25, -0.2) is 18.2 Å². The van der Waals surface area contributed by atoms with E-state index in [1.165, 1.54) is 37.4 Å². The molecule has 0 bridgehead atoms. The highest BCUT2D eigenvalue weighted by Crippen LogP contribution is 2.22. The number of H-pyrrole nitrogens is 2. The Kier molecular flexibility index (Phi) is 5.65. The first-order chi connectivity index (χ1) is 15.4. The number of ether oxygens (including phenoxy) is 1. The van der Waals surface area contributed by atoms with Gasteiger partial charge < -0.3 is 20.0 Å². The number of aromatic nitrogens is 3. The number of carbonyl (C=O) groups excluding carboxylic acids is 1. The van der Waals surface area contributed by atoms with Gasteiger partial charge in [-0.1, -0.05) is 12.1 Å². The van der Waals surface area contributed by atoms with Gasteiger partial charge in [0.1, 0.15) is 0 Å². The smallest absolute Gasteiger partial charge is 0.323 e. The van der Waals surface area contributed by atoms with Crippen molar-refractivity contribution < 1.29 is 17.9 Å². The number of anilines is 1. The van der Waals surface area contributed by atoms with E-state index in [9.17, 15) is 18.0 Å². The van der Waals surface area contributed by atoms with Crippen molar-refractivity contribution in [3.05, 3.63) is 82.4 Å². The van der Waals surface area contributed by atoms with Crippen LogP contribution in [0.5, 0.6) is 5.88 Å². The molecule has 0 radical (unpaired) electrons. The van der Waals surface area contributed by atoms with Crippen LogP contribution < -0.4 is 20.5 Å². The highest BCUT2D eigenvalue weighted by molar-refractivity contribution is 7.92. The zero-order valence-electron chi connectivity index (χ0n) is 16.9. The van der Waals surface area contributed by atoms with Crippen LogP contribution in [0.2, 0.25) is 0 Å². The third-order valence-corrected chi connectivity index (χ3v) is 6.04. The summed E-state index contributed by atoms with van der Waals surface area (Å²) in [5, 5.41) is 2.76. The van der Waals surface area contributed by atoms with E-state index >= 15 is 0 Å². The van der Waals surface area contributed by atoms with Gasteiger partial charge in [0.05, 0.1) is 34.3 Å². The summed E-state index contributed by atoms with van der Waals surface area (Å²) >= 11 is 0. The highest BCUT2D eigenvalue weighted by atomic mass is 32.2. The van der Waals surface area contributed by atoms with Gasteiger partial charge >= 0.3 is 5.69 Å². The minimum atomic E-state index is -4.02. The maximum Gasteiger partial charge on any atom is 0.323 e. The molecule has 2 aromatic carbocycles. The number of rotatable bonds is 7. The van der Waals surface area contributed by atoms with E-state index in [2.05, 4.69) is 25.0 Å². The number of carbonyl (C=O) groups is 1. The van der Waals surface area contributed by atoms with E-state index in [4.69, 9.17) is 4.74 Å². The van der Waals surface area contributed by atoms with E-state index in [1.54, 1.807) is 30.5 Å². The molecule has 0 spiro atoms. The maximum atomic E-state index is 12.9. The molecular weight excluding hydrogens is 434 g/mol. The first-order valence-corrected chi connectivity index (χ1v) is 10.9. The van der Waals surface area contributed by atoms with Gasteiger partial charge in [0.2, 0.25) is 5.88 Å². The summed E-state index contributed by atoms with van der Waals surface area (Å²) in [7, 11) is -2.52. The number of methoxy groups -OCH3 is 1. The van der Waals surface area contributed by atoms with Crippen LogP contribution in [0.25, 0.3) is 11.0 Å². The second-order valence-corrected chi connectivity index (χ2v) is 8.51. The number of aromatic amines is 2. The summed E-state index contributed by atoms with van der Waals surface area (Å²) in [6.07, 6.45) is 1.57. The number of fused-ring (bicyclic) bond motifs is 1. The Morgan fingerprint density at radius 2 is 1.84 bits per heavy atom. The number of para-hydroxylation sites is 1. The monoisotopic (exact) mass is 453 g/mol. The van der Waals surface area contributed by atoms with Crippen molar-refractivity contribution in [3.8, 4) is 5.88 Å². The fourth-order valence-electron chi connectivity index (χ4n) is 3.10. The van der Waals surface area contributed by atoms with Gasteiger partial charge in [-0.2, -0.15) is 0 Å². The Labute approximate surface area is 182 Å². The van der Waals surface area contributed by atoms with Gasteiger partial charge in [-0.15, -0.1) is 0 Å². The molecule has 32 heavy (non-hydrogen) atoms. The number of imidazole rings is 1. The predicted octanol–water partition coefficient (Wildman–Crippen LogP) is 1.99. The molecule has 1 amide bonds. The number of nitrogens with zero attached hydrogens (tertiary/aromatic N) is 1. The number of amides is 1. The van der Waals surface area contributed by atoms with Crippen molar-refractivity contribution in [1.82, 2.24) is 20.3 Å². The van der Waals surface area contributed by atoms with Gasteiger partial charge in [-0.3, -0.25) is 9.52 Å². The summed E-state index contributed by atoms with van der Waals surface area (Å²) in [5.41, 5.74) is 1.47. The number of sulfonamides is 1. The van der Waals surface area contributed by atoms with Gasteiger partial charge in [0, 0.05) is 18.8 Å². The van der Waals surface area contributed by atoms with Crippen LogP contribution in [0.4, 0.5) is 5.69 Å². The summed E-state index contributed by atoms with van der Waals surface area (Å²) in [6, 6.07) is 13.9. The predicted molar refractivity (Wildman–Crippen MR) is 118 cm³/mol. The third kappa shape index (κ3) is 4.47. The number of nitrogens with one attached hydrogen (secondary N) is 4. The van der Waals surface area contributed by atoms with Crippen LogP contribution in [0.15, 0.2) is 70.5 Å². The minimum Gasteiger partial charge on any atom is -0.481 e. The molecule has 164 valence electrons. The summed E-state index contributed by atoms with van der Waals surface area (Å²) < 4.78 is 33.3. The van der Waals surface area contributed by atoms with E-state index < -0.39 is 21.6 Å². The lowest BCUT2D eigenvalue weighted by atomic mass is 10.1. The molecule has 4 N–H and O–H groups in total. The molecule has 0 saturated carbocycles. The fourth-order valence-corrected chi connectivity index (χ4v) is 4.21. The topological polar surface area (TPSA) is 146 Å².